The van der Waals surface area contributed by atoms with Crippen LogP contribution in [0.5, 0.6) is 0 Å². The van der Waals surface area contributed by atoms with Gasteiger partial charge in [-0.2, -0.15) is 0 Å². The van der Waals surface area contributed by atoms with E-state index in [1.807, 2.05) is 63.2 Å². The maximum atomic E-state index is 14.2. The summed E-state index contributed by atoms with van der Waals surface area (Å²) in [6.45, 7) is 5.96. The van der Waals surface area contributed by atoms with Crippen LogP contribution in [0.1, 0.15) is 41.3 Å². The lowest BCUT2D eigenvalue weighted by Crippen LogP contribution is -2.45. The number of amides is 2. The molecule has 0 radical (unpaired) electrons. The van der Waals surface area contributed by atoms with Gasteiger partial charge in [0.15, 0.2) is 0 Å². The van der Waals surface area contributed by atoms with E-state index in [2.05, 4.69) is 0 Å². The Morgan fingerprint density at radius 2 is 1.61 bits per heavy atom. The van der Waals surface area contributed by atoms with E-state index in [1.165, 1.54) is 23.1 Å². The van der Waals surface area contributed by atoms with Crippen LogP contribution in [0.15, 0.2) is 71.1 Å². The Labute approximate surface area is 182 Å². The molecule has 0 aliphatic carbocycles. The second kappa shape index (κ2) is 10.1. The zero-order chi connectivity index (χ0) is 22.4. The molecular weight excluding hydrogens is 395 g/mol. The molecule has 6 heteroatoms. The Hall–Kier alpha value is -3.41. The van der Waals surface area contributed by atoms with Crippen LogP contribution in [0.3, 0.4) is 0 Å². The highest BCUT2D eigenvalue weighted by molar-refractivity contribution is 5.97. The lowest BCUT2D eigenvalue weighted by atomic mass is 10.1. The third kappa shape index (κ3) is 5.81. The molecule has 5 nitrogen and oxygen atoms in total. The fraction of sp³-hybridized carbons (Fsp3) is 0.280. The van der Waals surface area contributed by atoms with Crippen molar-refractivity contribution in [1.82, 2.24) is 9.80 Å². The molecule has 3 rings (SSSR count). The molecule has 162 valence electrons. The van der Waals surface area contributed by atoms with Crippen molar-refractivity contribution in [2.45, 2.75) is 39.9 Å². The Kier molecular flexibility index (Phi) is 7.23. The van der Waals surface area contributed by atoms with Gasteiger partial charge in [0.2, 0.25) is 5.91 Å². The zero-order valence-electron chi connectivity index (χ0n) is 18.0. The molecule has 0 saturated carbocycles. The molecular formula is C25H27FN2O3. The van der Waals surface area contributed by atoms with Gasteiger partial charge < -0.3 is 14.2 Å². The molecule has 0 spiro atoms. The summed E-state index contributed by atoms with van der Waals surface area (Å²) in [6.07, 6.45) is 0. The minimum absolute atomic E-state index is 0.0414. The van der Waals surface area contributed by atoms with Crippen molar-refractivity contribution in [2.24, 2.45) is 0 Å². The third-order valence-corrected chi connectivity index (χ3v) is 5.01. The van der Waals surface area contributed by atoms with Gasteiger partial charge in [0, 0.05) is 12.6 Å². The van der Waals surface area contributed by atoms with E-state index in [4.69, 9.17) is 4.42 Å². The van der Waals surface area contributed by atoms with Crippen molar-refractivity contribution in [3.05, 3.63) is 95.2 Å². The third-order valence-electron chi connectivity index (χ3n) is 5.01. The van der Waals surface area contributed by atoms with Gasteiger partial charge in [-0.25, -0.2) is 4.39 Å². The summed E-state index contributed by atoms with van der Waals surface area (Å²) in [5.74, 6) is 0.0861. The molecule has 2 amide bonds. The van der Waals surface area contributed by atoms with E-state index >= 15 is 0 Å². The summed E-state index contributed by atoms with van der Waals surface area (Å²) < 4.78 is 19.8. The molecule has 31 heavy (non-hydrogen) atoms. The van der Waals surface area contributed by atoms with Crippen molar-refractivity contribution in [1.29, 1.82) is 0 Å². The van der Waals surface area contributed by atoms with E-state index in [0.717, 1.165) is 11.3 Å². The van der Waals surface area contributed by atoms with Crippen LogP contribution in [0.25, 0.3) is 0 Å². The van der Waals surface area contributed by atoms with Gasteiger partial charge in [0.1, 0.15) is 23.9 Å². The normalized spacial score (nSPS) is 10.9. The summed E-state index contributed by atoms with van der Waals surface area (Å²) in [7, 11) is 0. The maximum Gasteiger partial charge on any atom is 0.257 e. The molecule has 0 saturated heterocycles. The topological polar surface area (TPSA) is 53.8 Å². The van der Waals surface area contributed by atoms with Crippen LogP contribution in [0.2, 0.25) is 0 Å². The van der Waals surface area contributed by atoms with Crippen LogP contribution >= 0.6 is 0 Å². The molecule has 0 N–H and O–H groups in total. The predicted molar refractivity (Wildman–Crippen MR) is 117 cm³/mol. The van der Waals surface area contributed by atoms with Crippen LogP contribution in [-0.4, -0.2) is 34.2 Å². The number of hydrogen-bond acceptors (Lipinski definition) is 3. The van der Waals surface area contributed by atoms with E-state index in [0.29, 0.717) is 12.3 Å². The fourth-order valence-electron chi connectivity index (χ4n) is 3.32. The lowest BCUT2D eigenvalue weighted by molar-refractivity contribution is -0.133. The molecule has 1 aromatic heterocycles. The van der Waals surface area contributed by atoms with E-state index in [-0.39, 0.29) is 30.6 Å². The highest BCUT2D eigenvalue weighted by Crippen LogP contribution is 2.16. The number of nitrogens with zero attached hydrogens (tertiary/aromatic N) is 2. The maximum absolute atomic E-state index is 14.2. The average molecular weight is 423 g/mol. The fourth-order valence-corrected chi connectivity index (χ4v) is 3.32. The largest absolute Gasteiger partial charge is 0.464 e. The van der Waals surface area contributed by atoms with E-state index in [1.54, 1.807) is 11.0 Å². The summed E-state index contributed by atoms with van der Waals surface area (Å²) in [6, 6.07) is 18.9. The predicted octanol–water partition coefficient (Wildman–Crippen LogP) is 4.81. The Morgan fingerprint density at radius 1 is 0.935 bits per heavy atom. The number of furan rings is 1. The molecule has 0 fully saturated rings. The minimum Gasteiger partial charge on any atom is -0.464 e. The van der Waals surface area contributed by atoms with E-state index < -0.39 is 11.7 Å². The van der Waals surface area contributed by atoms with Crippen LogP contribution in [0, 0.1) is 12.7 Å². The molecule has 0 atom stereocenters. The zero-order valence-corrected chi connectivity index (χ0v) is 18.0. The first kappa shape index (κ1) is 22.3. The number of rotatable bonds is 8. The first-order chi connectivity index (χ1) is 14.8. The molecule has 0 aliphatic heterocycles. The number of benzene rings is 2. The molecule has 0 unspecified atom stereocenters. The van der Waals surface area contributed by atoms with Gasteiger partial charge in [0.25, 0.3) is 5.91 Å². The summed E-state index contributed by atoms with van der Waals surface area (Å²) in [4.78, 5) is 29.3. The smallest absolute Gasteiger partial charge is 0.257 e. The minimum atomic E-state index is -0.599. The van der Waals surface area contributed by atoms with E-state index in [9.17, 15) is 14.0 Å². The van der Waals surface area contributed by atoms with Gasteiger partial charge in [-0.3, -0.25) is 9.59 Å². The first-order valence-electron chi connectivity index (χ1n) is 10.3. The number of aryl methyl sites for hydroxylation is 1. The van der Waals surface area contributed by atoms with Crippen molar-refractivity contribution >= 4 is 11.8 Å². The summed E-state index contributed by atoms with van der Waals surface area (Å²) in [5.41, 5.74) is 0.927. The number of hydrogen-bond donors (Lipinski definition) is 0. The summed E-state index contributed by atoms with van der Waals surface area (Å²) >= 11 is 0. The molecule has 0 bridgehead atoms. The SMILES string of the molecule is Cc1ccc(CN(Cc2ccccc2)C(=O)CN(C(=O)c2ccccc2F)C(C)C)o1. The quantitative estimate of drug-likeness (QED) is 0.524. The highest BCUT2D eigenvalue weighted by Gasteiger charge is 2.26. The average Bonchev–Trinajstić information content (AvgIpc) is 3.16. The van der Waals surface area contributed by atoms with Gasteiger partial charge in [-0.1, -0.05) is 42.5 Å². The molecule has 1 heterocycles. The lowest BCUT2D eigenvalue weighted by Gasteiger charge is -2.30. The van der Waals surface area contributed by atoms with Gasteiger partial charge in [0.05, 0.1) is 12.1 Å². The van der Waals surface area contributed by atoms with Gasteiger partial charge >= 0.3 is 0 Å². The van der Waals surface area contributed by atoms with Crippen LogP contribution < -0.4 is 0 Å². The Bertz CT molecular complexity index is 1030. The second-order valence-electron chi connectivity index (χ2n) is 7.75. The number of carbonyl (C=O) groups excluding carboxylic acids is 2. The van der Waals surface area contributed by atoms with Crippen molar-refractivity contribution in [3.63, 3.8) is 0 Å². The number of halogens is 1. The second-order valence-corrected chi connectivity index (χ2v) is 7.75. The van der Waals surface area contributed by atoms with Gasteiger partial charge in [-0.15, -0.1) is 0 Å². The summed E-state index contributed by atoms with van der Waals surface area (Å²) in [5, 5.41) is 0. The van der Waals surface area contributed by atoms with Crippen LogP contribution in [0.4, 0.5) is 4.39 Å². The van der Waals surface area contributed by atoms with Crippen molar-refractivity contribution < 1.29 is 18.4 Å². The monoisotopic (exact) mass is 422 g/mol. The molecule has 3 aromatic rings. The van der Waals surface area contributed by atoms with Gasteiger partial charge in [-0.05, 0) is 50.6 Å². The molecule has 0 aliphatic rings. The van der Waals surface area contributed by atoms with Crippen LogP contribution in [-0.2, 0) is 17.9 Å². The highest BCUT2D eigenvalue weighted by atomic mass is 19.1. The van der Waals surface area contributed by atoms with Crippen molar-refractivity contribution in [3.8, 4) is 0 Å². The standard InChI is InChI=1S/C25H27FN2O3/c1-18(2)28(25(30)22-11-7-8-12-23(22)26)17-24(29)27(15-20-9-5-4-6-10-20)16-21-14-13-19(3)31-21/h4-14,18H,15-17H2,1-3H3. The number of carbonyl (C=O) groups is 2. The first-order valence-corrected chi connectivity index (χ1v) is 10.3. The Morgan fingerprint density at radius 3 is 2.23 bits per heavy atom. The Balaban J connectivity index is 1.82. The van der Waals surface area contributed by atoms with Crippen molar-refractivity contribution in [2.75, 3.05) is 6.54 Å². The molecule has 2 aromatic carbocycles.